The zero-order valence-electron chi connectivity index (χ0n) is 13.9. The first-order chi connectivity index (χ1) is 11.3. The van der Waals surface area contributed by atoms with Crippen LogP contribution in [0.3, 0.4) is 0 Å². The first-order valence-electron chi connectivity index (χ1n) is 9.11. The first-order valence-corrected chi connectivity index (χ1v) is 9.11. The summed E-state index contributed by atoms with van der Waals surface area (Å²) in [4.78, 5) is 5.11. The third-order valence-corrected chi connectivity index (χ3v) is 5.81. The molecule has 4 rings (SSSR count). The van der Waals surface area contributed by atoms with E-state index < -0.39 is 0 Å². The van der Waals surface area contributed by atoms with Crippen LogP contribution in [0.2, 0.25) is 0 Å². The van der Waals surface area contributed by atoms with Gasteiger partial charge in [0, 0.05) is 32.2 Å². The monoisotopic (exact) mass is 316 g/mol. The van der Waals surface area contributed by atoms with Crippen LogP contribution in [0.1, 0.15) is 30.1 Å². The fraction of sp³-hybridized carbons (Fsp3) is 0.684. The van der Waals surface area contributed by atoms with Crippen LogP contribution in [0.4, 0.5) is 0 Å². The zero-order valence-corrected chi connectivity index (χ0v) is 13.9. The summed E-state index contributed by atoms with van der Waals surface area (Å²) in [5.41, 5.74) is 2.48. The molecule has 0 spiro atoms. The second kappa shape index (κ2) is 6.89. The Morgan fingerprint density at radius 1 is 1.13 bits per heavy atom. The number of benzene rings is 1. The van der Waals surface area contributed by atoms with Crippen molar-refractivity contribution < 1.29 is 9.84 Å². The van der Waals surface area contributed by atoms with E-state index in [1.807, 2.05) is 6.07 Å². The highest BCUT2D eigenvalue weighted by Crippen LogP contribution is 2.36. The Bertz CT molecular complexity index is 530. The smallest absolute Gasteiger partial charge is 0.0951 e. The lowest BCUT2D eigenvalue weighted by molar-refractivity contribution is 0.00554. The molecule has 4 heteroatoms. The molecule has 126 valence electrons. The van der Waals surface area contributed by atoms with Crippen molar-refractivity contribution in [2.24, 2.45) is 5.92 Å². The average Bonchev–Trinajstić information content (AvgIpc) is 2.93. The fourth-order valence-electron chi connectivity index (χ4n) is 4.58. The molecule has 0 bridgehead atoms. The lowest BCUT2D eigenvalue weighted by atomic mass is 9.95. The van der Waals surface area contributed by atoms with Crippen molar-refractivity contribution in [3.05, 3.63) is 35.4 Å². The quantitative estimate of drug-likeness (QED) is 0.920. The van der Waals surface area contributed by atoms with Crippen LogP contribution in [0.15, 0.2) is 24.3 Å². The number of piperidine rings is 1. The lowest BCUT2D eigenvalue weighted by Gasteiger charge is -2.40. The van der Waals surface area contributed by atoms with Gasteiger partial charge in [-0.2, -0.15) is 0 Å². The Labute approximate surface area is 139 Å². The standard InChI is InChI=1S/C19H28N2O2/c22-19-17-6-2-1-5-16(17)12-18(19)21-7-3-4-15(14-21)13-20-8-10-23-11-9-20/h1-2,5-6,15,18-19,22H,3-4,7-14H2. The van der Waals surface area contributed by atoms with Crippen LogP contribution in [-0.4, -0.2) is 66.9 Å². The minimum Gasteiger partial charge on any atom is -0.387 e. The van der Waals surface area contributed by atoms with Gasteiger partial charge in [-0.3, -0.25) is 9.80 Å². The molecule has 0 aromatic heterocycles. The molecule has 1 N–H and O–H groups in total. The molecule has 0 radical (unpaired) electrons. The normalized spacial score (nSPS) is 32.8. The summed E-state index contributed by atoms with van der Waals surface area (Å²) in [5.74, 6) is 0.734. The maximum atomic E-state index is 10.7. The predicted octanol–water partition coefficient (Wildman–Crippen LogP) is 1.69. The highest BCUT2D eigenvalue weighted by Gasteiger charge is 2.37. The van der Waals surface area contributed by atoms with Crippen molar-refractivity contribution >= 4 is 0 Å². The van der Waals surface area contributed by atoms with Gasteiger partial charge in [0.25, 0.3) is 0 Å². The number of aliphatic hydroxyl groups is 1. The number of aliphatic hydroxyl groups excluding tert-OH is 1. The lowest BCUT2D eigenvalue weighted by Crippen LogP contribution is -2.48. The van der Waals surface area contributed by atoms with Gasteiger partial charge in [0.1, 0.15) is 0 Å². The van der Waals surface area contributed by atoms with Crippen molar-refractivity contribution in [3.63, 3.8) is 0 Å². The molecule has 3 atom stereocenters. The number of likely N-dealkylation sites (tertiary alicyclic amines) is 1. The number of ether oxygens (including phenoxy) is 1. The second-order valence-corrected chi connectivity index (χ2v) is 7.33. The summed E-state index contributed by atoms with van der Waals surface area (Å²) in [5, 5.41) is 10.7. The van der Waals surface area contributed by atoms with Crippen LogP contribution in [0, 0.1) is 5.92 Å². The van der Waals surface area contributed by atoms with E-state index in [1.165, 1.54) is 24.9 Å². The van der Waals surface area contributed by atoms with Gasteiger partial charge in [0.2, 0.25) is 0 Å². The maximum absolute atomic E-state index is 10.7. The highest BCUT2D eigenvalue weighted by molar-refractivity contribution is 5.35. The van der Waals surface area contributed by atoms with E-state index in [9.17, 15) is 5.11 Å². The third-order valence-electron chi connectivity index (χ3n) is 5.81. The summed E-state index contributed by atoms with van der Waals surface area (Å²) < 4.78 is 5.46. The summed E-state index contributed by atoms with van der Waals surface area (Å²) >= 11 is 0. The molecule has 1 aliphatic carbocycles. The zero-order chi connectivity index (χ0) is 15.6. The van der Waals surface area contributed by atoms with E-state index in [1.54, 1.807) is 0 Å². The molecule has 3 aliphatic rings. The number of fused-ring (bicyclic) bond motifs is 1. The van der Waals surface area contributed by atoms with Gasteiger partial charge in [0.15, 0.2) is 0 Å². The van der Waals surface area contributed by atoms with Crippen molar-refractivity contribution in [2.45, 2.75) is 31.4 Å². The molecule has 2 fully saturated rings. The van der Waals surface area contributed by atoms with Gasteiger partial charge >= 0.3 is 0 Å². The molecule has 4 nitrogen and oxygen atoms in total. The predicted molar refractivity (Wildman–Crippen MR) is 90.4 cm³/mol. The molecule has 23 heavy (non-hydrogen) atoms. The molecule has 2 saturated heterocycles. The number of nitrogens with zero attached hydrogens (tertiary/aromatic N) is 2. The third kappa shape index (κ3) is 3.31. The minimum absolute atomic E-state index is 0.278. The molecule has 2 heterocycles. The SMILES string of the molecule is OC1c2ccccc2CC1N1CCCC(CN2CCOCC2)C1. The molecule has 1 aromatic rings. The van der Waals surface area contributed by atoms with Crippen LogP contribution >= 0.6 is 0 Å². The molecule has 0 amide bonds. The molecule has 0 saturated carbocycles. The summed E-state index contributed by atoms with van der Waals surface area (Å²) in [6, 6.07) is 8.68. The Hall–Kier alpha value is -0.940. The Morgan fingerprint density at radius 3 is 2.78 bits per heavy atom. The molecule has 3 unspecified atom stereocenters. The van der Waals surface area contributed by atoms with Gasteiger partial charge in [-0.1, -0.05) is 24.3 Å². The second-order valence-electron chi connectivity index (χ2n) is 7.33. The molecule has 1 aromatic carbocycles. The van der Waals surface area contributed by atoms with Crippen LogP contribution in [0.5, 0.6) is 0 Å². The number of hydrogen-bond acceptors (Lipinski definition) is 4. The Morgan fingerprint density at radius 2 is 1.96 bits per heavy atom. The van der Waals surface area contributed by atoms with Crippen molar-refractivity contribution in [3.8, 4) is 0 Å². The largest absolute Gasteiger partial charge is 0.387 e. The van der Waals surface area contributed by atoms with Gasteiger partial charge in [-0.25, -0.2) is 0 Å². The first kappa shape index (κ1) is 15.6. The molecular weight excluding hydrogens is 288 g/mol. The maximum Gasteiger partial charge on any atom is 0.0951 e. The van der Waals surface area contributed by atoms with E-state index in [4.69, 9.17) is 4.74 Å². The highest BCUT2D eigenvalue weighted by atomic mass is 16.5. The Kier molecular flexibility index (Phi) is 4.67. The van der Waals surface area contributed by atoms with Crippen LogP contribution in [-0.2, 0) is 11.2 Å². The van der Waals surface area contributed by atoms with Gasteiger partial charge in [-0.15, -0.1) is 0 Å². The fourth-order valence-corrected chi connectivity index (χ4v) is 4.58. The van der Waals surface area contributed by atoms with E-state index in [0.717, 1.165) is 57.3 Å². The van der Waals surface area contributed by atoms with Crippen molar-refractivity contribution in [1.82, 2.24) is 9.80 Å². The Balaban J connectivity index is 1.38. The van der Waals surface area contributed by atoms with Crippen LogP contribution in [0.25, 0.3) is 0 Å². The molecular formula is C19H28N2O2. The summed E-state index contributed by atoms with van der Waals surface area (Å²) in [6.45, 7) is 7.38. The number of rotatable bonds is 3. The minimum atomic E-state index is -0.312. The van der Waals surface area contributed by atoms with Crippen LogP contribution < -0.4 is 0 Å². The van der Waals surface area contributed by atoms with Crippen molar-refractivity contribution in [1.29, 1.82) is 0 Å². The summed E-state index contributed by atoms with van der Waals surface area (Å²) in [7, 11) is 0. The number of hydrogen-bond donors (Lipinski definition) is 1. The van der Waals surface area contributed by atoms with E-state index in [0.29, 0.717) is 0 Å². The van der Waals surface area contributed by atoms with E-state index in [-0.39, 0.29) is 12.1 Å². The topological polar surface area (TPSA) is 35.9 Å². The van der Waals surface area contributed by atoms with Crippen molar-refractivity contribution in [2.75, 3.05) is 45.9 Å². The molecule has 2 aliphatic heterocycles. The van der Waals surface area contributed by atoms with Gasteiger partial charge in [0.05, 0.1) is 19.3 Å². The summed E-state index contributed by atoms with van der Waals surface area (Å²) in [6.07, 6.45) is 3.27. The average molecular weight is 316 g/mol. The van der Waals surface area contributed by atoms with Gasteiger partial charge < -0.3 is 9.84 Å². The van der Waals surface area contributed by atoms with Gasteiger partial charge in [-0.05, 0) is 42.9 Å². The van der Waals surface area contributed by atoms with E-state index in [2.05, 4.69) is 28.0 Å². The number of morpholine rings is 1. The van der Waals surface area contributed by atoms with E-state index >= 15 is 0 Å².